The molecule has 2 aliphatic rings. The molecule has 1 spiro atoms. The molecule has 0 bridgehead atoms. The molecule has 3 aromatic rings. The Hall–Kier alpha value is -3.04. The number of pyridine rings is 1. The number of nitrogens with zero attached hydrogens (tertiary/aromatic N) is 6. The van der Waals surface area contributed by atoms with Gasteiger partial charge in [0, 0.05) is 75.4 Å². The normalized spacial score (nSPS) is 18.3. The lowest BCUT2D eigenvalue weighted by Crippen LogP contribution is -2.56. The molecule has 2 fully saturated rings. The number of hydroxylamine groups is 1. The van der Waals surface area contributed by atoms with Crippen LogP contribution in [-0.2, 0) is 13.6 Å². The van der Waals surface area contributed by atoms with Crippen LogP contribution >= 0.6 is 0 Å². The molecule has 0 unspecified atom stereocenters. The second-order valence-electron chi connectivity index (χ2n) is 8.19. The van der Waals surface area contributed by atoms with Crippen LogP contribution in [0.1, 0.15) is 22.3 Å². The van der Waals surface area contributed by atoms with Crippen LogP contribution in [0, 0.1) is 5.41 Å². The van der Waals surface area contributed by atoms with Gasteiger partial charge in [0.15, 0.2) is 0 Å². The summed E-state index contributed by atoms with van der Waals surface area (Å²) in [6.07, 6.45) is 9.98. The topological polar surface area (TPSA) is 99.4 Å². The van der Waals surface area contributed by atoms with E-state index in [1.165, 1.54) is 28.9 Å². The lowest BCUT2D eigenvalue weighted by Gasteiger charge is -2.48. The number of aromatic nitrogens is 4. The first kappa shape index (κ1) is 18.0. The molecule has 0 saturated carbocycles. The van der Waals surface area contributed by atoms with E-state index in [-0.39, 0.29) is 11.0 Å². The number of amides is 1. The van der Waals surface area contributed by atoms with Crippen LogP contribution in [-0.4, -0.2) is 61.7 Å². The number of carbonyl (C=O) groups is 1. The lowest BCUT2D eigenvalue weighted by atomic mass is 9.79. The largest absolute Gasteiger partial charge is 0.349 e. The summed E-state index contributed by atoms with van der Waals surface area (Å²) in [5, 5.41) is 9.97. The van der Waals surface area contributed by atoms with E-state index in [9.17, 15) is 4.79 Å². The molecule has 29 heavy (non-hydrogen) atoms. The van der Waals surface area contributed by atoms with Gasteiger partial charge in [-0.25, -0.2) is 15.4 Å². The van der Waals surface area contributed by atoms with Crippen molar-refractivity contribution in [1.82, 2.24) is 29.9 Å². The van der Waals surface area contributed by atoms with Crippen LogP contribution in [0.3, 0.4) is 0 Å². The molecule has 5 rings (SSSR count). The Morgan fingerprint density at radius 2 is 2.03 bits per heavy atom. The van der Waals surface area contributed by atoms with Gasteiger partial charge in [-0.2, -0.15) is 0 Å². The van der Waals surface area contributed by atoms with E-state index >= 15 is 0 Å². The highest BCUT2D eigenvalue weighted by Crippen LogP contribution is 2.41. The van der Waals surface area contributed by atoms with Crippen LogP contribution in [0.4, 0.5) is 5.95 Å². The molecular formula is C20H23N7O2. The molecule has 0 radical (unpaired) electrons. The SMILES string of the molecule is Cn1cc(CN2CC3(CCN(c4ncc(C(=O)NO)cn4)C3)C2)c2ccncc21. The zero-order chi connectivity index (χ0) is 20.0. The third-order valence-electron chi connectivity index (χ3n) is 6.11. The van der Waals surface area contributed by atoms with E-state index in [2.05, 4.69) is 48.6 Å². The van der Waals surface area contributed by atoms with Gasteiger partial charge in [0.05, 0.1) is 17.3 Å². The van der Waals surface area contributed by atoms with Gasteiger partial charge in [-0.3, -0.25) is 19.9 Å². The highest BCUT2D eigenvalue weighted by atomic mass is 16.5. The molecule has 0 aromatic carbocycles. The van der Waals surface area contributed by atoms with Crippen molar-refractivity contribution in [1.29, 1.82) is 0 Å². The summed E-state index contributed by atoms with van der Waals surface area (Å²) in [6, 6.07) is 2.09. The van der Waals surface area contributed by atoms with Gasteiger partial charge >= 0.3 is 0 Å². The first-order valence-corrected chi connectivity index (χ1v) is 9.69. The number of likely N-dealkylation sites (tertiary alicyclic amines) is 1. The number of hydrogen-bond donors (Lipinski definition) is 2. The van der Waals surface area contributed by atoms with Gasteiger partial charge in [-0.05, 0) is 18.1 Å². The van der Waals surface area contributed by atoms with Crippen molar-refractivity contribution in [3.63, 3.8) is 0 Å². The molecule has 150 valence electrons. The lowest BCUT2D eigenvalue weighted by molar-refractivity contribution is 0.0119. The summed E-state index contributed by atoms with van der Waals surface area (Å²) in [5.74, 6) is 0.0321. The van der Waals surface area contributed by atoms with Gasteiger partial charge in [0.25, 0.3) is 5.91 Å². The first-order valence-electron chi connectivity index (χ1n) is 9.69. The summed E-state index contributed by atoms with van der Waals surface area (Å²) >= 11 is 0. The van der Waals surface area contributed by atoms with Crippen LogP contribution < -0.4 is 10.4 Å². The highest BCUT2D eigenvalue weighted by Gasteiger charge is 2.48. The predicted octanol–water partition coefficient (Wildman–Crippen LogP) is 1.19. The van der Waals surface area contributed by atoms with Crippen molar-refractivity contribution in [2.45, 2.75) is 13.0 Å². The molecule has 1 amide bonds. The van der Waals surface area contributed by atoms with Gasteiger partial charge in [0.1, 0.15) is 0 Å². The number of rotatable bonds is 4. The van der Waals surface area contributed by atoms with Gasteiger partial charge in [0.2, 0.25) is 5.95 Å². The molecule has 0 atom stereocenters. The Kier molecular flexibility index (Phi) is 4.21. The summed E-state index contributed by atoms with van der Waals surface area (Å²) < 4.78 is 2.14. The summed E-state index contributed by atoms with van der Waals surface area (Å²) in [4.78, 5) is 28.9. The Labute approximate surface area is 168 Å². The number of fused-ring (bicyclic) bond motifs is 1. The van der Waals surface area contributed by atoms with Gasteiger partial charge < -0.3 is 9.47 Å². The molecule has 2 N–H and O–H groups in total. The number of carbonyl (C=O) groups excluding carboxylic acids is 1. The minimum Gasteiger partial charge on any atom is -0.349 e. The molecular weight excluding hydrogens is 370 g/mol. The summed E-state index contributed by atoms with van der Waals surface area (Å²) in [7, 11) is 2.06. The fraction of sp³-hybridized carbons (Fsp3) is 0.400. The van der Waals surface area contributed by atoms with Crippen LogP contribution in [0.25, 0.3) is 10.9 Å². The van der Waals surface area contributed by atoms with E-state index < -0.39 is 5.91 Å². The molecule has 3 aromatic heterocycles. The van der Waals surface area contributed by atoms with Crippen LogP contribution in [0.2, 0.25) is 0 Å². The van der Waals surface area contributed by atoms with Crippen molar-refractivity contribution >= 4 is 22.8 Å². The number of hydrogen-bond acceptors (Lipinski definition) is 7. The smallest absolute Gasteiger partial charge is 0.277 e. The van der Waals surface area contributed by atoms with Crippen LogP contribution in [0.15, 0.2) is 37.1 Å². The molecule has 0 aliphatic carbocycles. The van der Waals surface area contributed by atoms with Crippen LogP contribution in [0.5, 0.6) is 0 Å². The molecule has 2 aliphatic heterocycles. The minimum atomic E-state index is -0.603. The fourth-order valence-corrected chi connectivity index (χ4v) is 4.72. The quantitative estimate of drug-likeness (QED) is 0.507. The third kappa shape index (κ3) is 3.12. The van der Waals surface area contributed by atoms with E-state index in [0.717, 1.165) is 39.1 Å². The van der Waals surface area contributed by atoms with E-state index in [4.69, 9.17) is 5.21 Å². The van der Waals surface area contributed by atoms with E-state index in [0.29, 0.717) is 5.95 Å². The van der Waals surface area contributed by atoms with Crippen molar-refractivity contribution < 1.29 is 10.0 Å². The van der Waals surface area contributed by atoms with Crippen molar-refractivity contribution in [3.05, 3.63) is 48.2 Å². The Morgan fingerprint density at radius 3 is 2.79 bits per heavy atom. The Morgan fingerprint density at radius 1 is 1.24 bits per heavy atom. The standard InChI is InChI=1S/C20H23N7O2/c1-25-9-15(16-2-4-21-8-17(16)25)10-26-11-20(12-26)3-5-27(13-20)19-22-6-14(7-23-19)18(28)24-29/h2,4,6-9,29H,3,5,10-13H2,1H3,(H,24,28). The first-order chi connectivity index (χ1) is 14.1. The monoisotopic (exact) mass is 393 g/mol. The maximum absolute atomic E-state index is 11.4. The average Bonchev–Trinajstić information content (AvgIpc) is 3.30. The van der Waals surface area contributed by atoms with Crippen molar-refractivity contribution in [2.24, 2.45) is 12.5 Å². The molecule has 9 nitrogen and oxygen atoms in total. The van der Waals surface area contributed by atoms with Gasteiger partial charge in [-0.1, -0.05) is 0 Å². The zero-order valence-corrected chi connectivity index (χ0v) is 16.2. The maximum atomic E-state index is 11.4. The van der Waals surface area contributed by atoms with E-state index in [1.54, 1.807) is 5.48 Å². The zero-order valence-electron chi connectivity index (χ0n) is 16.2. The Balaban J connectivity index is 1.22. The number of aryl methyl sites for hydroxylation is 1. The van der Waals surface area contributed by atoms with E-state index in [1.807, 2.05) is 12.4 Å². The van der Waals surface area contributed by atoms with Crippen molar-refractivity contribution in [2.75, 3.05) is 31.1 Å². The minimum absolute atomic E-state index is 0.241. The molecule has 9 heteroatoms. The average molecular weight is 393 g/mol. The van der Waals surface area contributed by atoms with Gasteiger partial charge in [-0.15, -0.1) is 0 Å². The maximum Gasteiger partial charge on any atom is 0.277 e. The predicted molar refractivity (Wildman–Crippen MR) is 107 cm³/mol. The summed E-state index contributed by atoms with van der Waals surface area (Å²) in [6.45, 7) is 4.92. The number of anilines is 1. The summed E-state index contributed by atoms with van der Waals surface area (Å²) in [5.41, 5.74) is 4.64. The molecule has 5 heterocycles. The Bertz CT molecular complexity index is 1060. The van der Waals surface area contributed by atoms with Crippen molar-refractivity contribution in [3.8, 4) is 0 Å². The number of nitrogens with one attached hydrogen (secondary N) is 1. The molecule has 2 saturated heterocycles. The highest BCUT2D eigenvalue weighted by molar-refractivity contribution is 5.92. The fourth-order valence-electron chi connectivity index (χ4n) is 4.72. The second-order valence-corrected chi connectivity index (χ2v) is 8.19. The third-order valence-corrected chi connectivity index (χ3v) is 6.11. The second kappa shape index (κ2) is 6.78.